The van der Waals surface area contributed by atoms with Gasteiger partial charge in [-0.3, -0.25) is 0 Å². The first-order valence-electron chi connectivity index (χ1n) is 4.25. The molecule has 0 amide bonds. The molecule has 2 radical (unpaired) electrons. The van der Waals surface area contributed by atoms with Crippen molar-refractivity contribution in [2.24, 2.45) is 0 Å². The van der Waals surface area contributed by atoms with E-state index in [0.29, 0.717) is 0 Å². The molecule has 0 saturated carbocycles. The quantitative estimate of drug-likeness (QED) is 0.510. The molecule has 0 heterocycles. The van der Waals surface area contributed by atoms with Gasteiger partial charge in [-0.05, 0) is 0 Å². The van der Waals surface area contributed by atoms with Gasteiger partial charge in [-0.2, -0.15) is 0 Å². The van der Waals surface area contributed by atoms with Gasteiger partial charge in [-0.15, -0.1) is 0 Å². The van der Waals surface area contributed by atoms with Crippen molar-refractivity contribution in [1.82, 2.24) is 0 Å². The maximum atomic E-state index is 5.71. The predicted molar refractivity (Wildman–Crippen MR) is 57.0 cm³/mol. The summed E-state index contributed by atoms with van der Waals surface area (Å²) in [6, 6.07) is 0. The van der Waals surface area contributed by atoms with Crippen molar-refractivity contribution in [3.63, 3.8) is 0 Å². The van der Waals surface area contributed by atoms with Crippen LogP contribution >= 0.6 is 8.92 Å². The minimum atomic E-state index is -0.376. The van der Waals surface area contributed by atoms with Crippen molar-refractivity contribution in [2.45, 2.75) is 49.9 Å². The Bertz CT molecular complexity index is 57.0. The molecule has 0 aliphatic heterocycles. The first-order valence-corrected chi connectivity index (χ1v) is 9.88. The van der Waals surface area contributed by atoms with Crippen LogP contribution in [0.15, 0.2) is 0 Å². The summed E-state index contributed by atoms with van der Waals surface area (Å²) in [7, 11) is 5.71. The molecule has 0 bridgehead atoms. The summed E-state index contributed by atoms with van der Waals surface area (Å²) in [4.78, 5) is 0. The summed E-state index contributed by atoms with van der Waals surface area (Å²) < 4.78 is 1.37. The third-order valence-corrected chi connectivity index (χ3v) is 4.44. The average Bonchev–Trinajstić information content (AvgIpc) is 1.97. The van der Waals surface area contributed by atoms with Gasteiger partial charge in [0.2, 0.25) is 0 Å². The van der Waals surface area contributed by atoms with Gasteiger partial charge in [-0.25, -0.2) is 0 Å². The van der Waals surface area contributed by atoms with E-state index in [0.717, 1.165) is 0 Å². The van der Waals surface area contributed by atoms with Crippen LogP contribution in [0, 0.1) is 0 Å². The third-order valence-electron chi connectivity index (χ3n) is 1.62. The smallest absolute Gasteiger partial charge is 0.412 e. The van der Waals surface area contributed by atoms with Crippen LogP contribution in [-0.2, 0) is 0 Å². The van der Waals surface area contributed by atoms with Gasteiger partial charge in [0.1, 0.15) is 0 Å². The van der Waals surface area contributed by atoms with Crippen LogP contribution in [0.2, 0.25) is 4.44 Å². The minimum Gasteiger partial charge on any atom is -0.412 e. The van der Waals surface area contributed by atoms with E-state index < -0.39 is 0 Å². The molecule has 0 aliphatic carbocycles. The van der Waals surface area contributed by atoms with Gasteiger partial charge >= 0.3 is 78.8 Å². The van der Waals surface area contributed by atoms with Gasteiger partial charge in [0.05, 0.1) is 0 Å². The second-order valence-electron chi connectivity index (χ2n) is 2.65. The molecule has 0 rings (SSSR count). The number of hydrogen-bond donors (Lipinski definition) is 0. The van der Waals surface area contributed by atoms with Crippen molar-refractivity contribution in [2.75, 3.05) is 0 Å². The van der Waals surface area contributed by atoms with Gasteiger partial charge in [0, 0.05) is 0 Å². The summed E-state index contributed by atoms with van der Waals surface area (Å²) >= 11 is -0.376. The first kappa shape index (κ1) is 18.7. The molecule has 0 atom stereocenters. The summed E-state index contributed by atoms with van der Waals surface area (Å²) in [6.45, 7) is 2.26. The topological polar surface area (TPSA) is 63.0 Å². The van der Waals surface area contributed by atoms with Crippen molar-refractivity contribution >= 4 is 28.9 Å². The Morgan fingerprint density at radius 1 is 0.917 bits per heavy atom. The van der Waals surface area contributed by atoms with Crippen LogP contribution in [0.4, 0.5) is 0 Å². The van der Waals surface area contributed by atoms with E-state index in [1.807, 2.05) is 0 Å². The fourth-order valence-corrected chi connectivity index (χ4v) is 2.96. The van der Waals surface area contributed by atoms with Crippen molar-refractivity contribution < 1.29 is 11.0 Å². The number of halogens is 1. The molecule has 0 spiro atoms. The Hall–Kier alpha value is 1.01. The monoisotopic (exact) mass is 304 g/mol. The standard InChI is InChI=1S/C8H17.ClH.2H2O.Sn/c1-3-5-7-8-6-4-2;;;;/h1,3-8H2,2H3;1H;2*1H2;/q;;;;+1/p-1. The average molecular weight is 303 g/mol. The second kappa shape index (κ2) is 17.9. The second-order valence-corrected chi connectivity index (χ2v) is 6.63. The largest absolute Gasteiger partial charge is 0.412 e. The summed E-state index contributed by atoms with van der Waals surface area (Å²) in [6.07, 6.45) is 8.47. The van der Waals surface area contributed by atoms with Crippen LogP contribution < -0.4 is 0 Å². The maximum Gasteiger partial charge on any atom is -0.412 e. The normalized spacial score (nSPS) is 8.50. The molecular weight excluding hydrogens is 282 g/mol. The van der Waals surface area contributed by atoms with Crippen LogP contribution in [-0.4, -0.2) is 31.0 Å². The van der Waals surface area contributed by atoms with Crippen molar-refractivity contribution in [3.05, 3.63) is 0 Å². The van der Waals surface area contributed by atoms with Gasteiger partial charge in [0.15, 0.2) is 0 Å². The van der Waals surface area contributed by atoms with E-state index in [-0.39, 0.29) is 31.0 Å². The number of hydrogen-bond acceptors (Lipinski definition) is 0. The SMILES string of the molecule is CCCCCCC[CH2][Sn][Cl].O.O. The van der Waals surface area contributed by atoms with E-state index in [4.69, 9.17) is 8.92 Å². The van der Waals surface area contributed by atoms with Crippen molar-refractivity contribution in [3.8, 4) is 0 Å². The van der Waals surface area contributed by atoms with Crippen LogP contribution in [0.25, 0.3) is 0 Å². The summed E-state index contributed by atoms with van der Waals surface area (Å²) in [5, 5.41) is 0. The molecule has 0 aromatic rings. The maximum absolute atomic E-state index is 5.71. The number of rotatable bonds is 7. The van der Waals surface area contributed by atoms with Crippen LogP contribution in [0.5, 0.6) is 0 Å². The zero-order valence-electron chi connectivity index (χ0n) is 7.83. The molecule has 0 saturated heterocycles. The first-order chi connectivity index (χ1) is 4.91. The summed E-state index contributed by atoms with van der Waals surface area (Å²) in [5.74, 6) is 0. The molecular formula is C8H21ClO2Sn. The Morgan fingerprint density at radius 2 is 1.42 bits per heavy atom. The fourth-order valence-electron chi connectivity index (χ4n) is 0.972. The fraction of sp³-hybridized carbons (Fsp3) is 1.00. The molecule has 0 fully saturated rings. The van der Waals surface area contributed by atoms with Crippen LogP contribution in [0.3, 0.4) is 0 Å². The van der Waals surface area contributed by atoms with E-state index >= 15 is 0 Å². The Labute approximate surface area is 89.6 Å². The summed E-state index contributed by atoms with van der Waals surface area (Å²) in [5.41, 5.74) is 0. The zero-order valence-corrected chi connectivity index (χ0v) is 11.4. The van der Waals surface area contributed by atoms with E-state index in [9.17, 15) is 0 Å². The number of unbranched alkanes of at least 4 members (excludes halogenated alkanes) is 5. The Kier molecular flexibility index (Phi) is 28.0. The van der Waals surface area contributed by atoms with E-state index in [1.54, 1.807) is 0 Å². The van der Waals surface area contributed by atoms with E-state index in [2.05, 4.69) is 6.92 Å². The molecule has 12 heavy (non-hydrogen) atoms. The van der Waals surface area contributed by atoms with Crippen molar-refractivity contribution in [1.29, 1.82) is 0 Å². The molecule has 0 aromatic carbocycles. The van der Waals surface area contributed by atoms with Gasteiger partial charge < -0.3 is 11.0 Å². The molecule has 4 N–H and O–H groups in total. The third kappa shape index (κ3) is 17.2. The molecule has 2 nitrogen and oxygen atoms in total. The Morgan fingerprint density at radius 3 is 1.92 bits per heavy atom. The van der Waals surface area contributed by atoms with Gasteiger partial charge in [-0.1, -0.05) is 0 Å². The molecule has 0 aliphatic rings. The predicted octanol–water partition coefficient (Wildman–Crippen LogP) is 1.97. The van der Waals surface area contributed by atoms with Gasteiger partial charge in [0.25, 0.3) is 0 Å². The molecule has 76 valence electrons. The minimum absolute atomic E-state index is 0. The molecule has 0 aromatic heterocycles. The van der Waals surface area contributed by atoms with Crippen LogP contribution in [0.1, 0.15) is 45.4 Å². The molecule has 4 heteroatoms. The molecule has 0 unspecified atom stereocenters. The van der Waals surface area contributed by atoms with E-state index in [1.165, 1.54) is 43.0 Å². The Balaban J connectivity index is -0.000000405. The zero-order chi connectivity index (χ0) is 7.66.